The normalized spacial score (nSPS) is 12.2. The highest BCUT2D eigenvalue weighted by molar-refractivity contribution is 6.42. The molecule has 0 aliphatic heterocycles. The average Bonchev–Trinajstić information content (AvgIpc) is 2.74. The van der Waals surface area contributed by atoms with Crippen LogP contribution in [0.15, 0.2) is 23.0 Å². The minimum Gasteiger partial charge on any atom is -0.309 e. The van der Waals surface area contributed by atoms with Gasteiger partial charge < -0.3 is 10.4 Å². The SMILES string of the molecule is CCCCCCC(CCC)[NH2+]c1nc(Cc2ccc(Cl)c(Cl)c2)[nH]c(=O)c1C(=N)CCC. The summed E-state index contributed by atoms with van der Waals surface area (Å²) >= 11 is 12.2. The summed E-state index contributed by atoms with van der Waals surface area (Å²) in [6, 6.07) is 5.80. The van der Waals surface area contributed by atoms with Crippen LogP contribution >= 0.6 is 23.2 Å². The molecule has 2 rings (SSSR count). The molecule has 0 saturated carbocycles. The Balaban J connectivity index is 2.35. The van der Waals surface area contributed by atoms with Gasteiger partial charge in [0.1, 0.15) is 11.4 Å². The Morgan fingerprint density at radius 2 is 1.84 bits per heavy atom. The average molecular weight is 481 g/mol. The second-order valence-electron chi connectivity index (χ2n) is 8.49. The van der Waals surface area contributed by atoms with Gasteiger partial charge >= 0.3 is 0 Å². The molecule has 1 heterocycles. The number of rotatable bonds is 14. The van der Waals surface area contributed by atoms with Gasteiger partial charge in [0.05, 0.1) is 21.8 Å². The van der Waals surface area contributed by atoms with Gasteiger partial charge in [0, 0.05) is 6.42 Å². The topological polar surface area (TPSA) is 86.2 Å². The number of aromatic amines is 1. The van der Waals surface area contributed by atoms with E-state index in [9.17, 15) is 4.79 Å². The molecular formula is C25H37Cl2N4O+. The summed E-state index contributed by atoms with van der Waals surface area (Å²) in [7, 11) is 0. The van der Waals surface area contributed by atoms with Crippen LogP contribution < -0.4 is 10.9 Å². The molecule has 1 unspecified atom stereocenters. The number of unbranched alkanes of at least 4 members (excludes halogenated alkanes) is 3. The fraction of sp³-hybridized carbons (Fsp3) is 0.560. The summed E-state index contributed by atoms with van der Waals surface area (Å²) in [4.78, 5) is 20.7. The fourth-order valence-electron chi connectivity index (χ4n) is 3.99. The lowest BCUT2D eigenvalue weighted by atomic mass is 10.0. The molecular weight excluding hydrogens is 443 g/mol. The summed E-state index contributed by atoms with van der Waals surface area (Å²) in [6.07, 6.45) is 9.93. The molecule has 32 heavy (non-hydrogen) atoms. The summed E-state index contributed by atoms with van der Waals surface area (Å²) in [6.45, 7) is 6.43. The van der Waals surface area contributed by atoms with E-state index in [-0.39, 0.29) is 5.56 Å². The molecule has 7 heteroatoms. The predicted octanol–water partition coefficient (Wildman–Crippen LogP) is 6.17. The lowest BCUT2D eigenvalue weighted by Gasteiger charge is -2.17. The van der Waals surface area contributed by atoms with Gasteiger partial charge in [-0.15, -0.1) is 0 Å². The molecule has 2 aromatic rings. The third kappa shape index (κ3) is 8.02. The number of benzene rings is 1. The summed E-state index contributed by atoms with van der Waals surface area (Å²) in [5.41, 5.74) is 1.46. The largest absolute Gasteiger partial charge is 0.309 e. The highest BCUT2D eigenvalue weighted by Crippen LogP contribution is 2.23. The zero-order chi connectivity index (χ0) is 23.5. The summed E-state index contributed by atoms with van der Waals surface area (Å²) < 4.78 is 0. The lowest BCUT2D eigenvalue weighted by molar-refractivity contribution is -0.616. The van der Waals surface area contributed by atoms with E-state index in [1.165, 1.54) is 25.7 Å². The van der Waals surface area contributed by atoms with E-state index in [1.807, 2.05) is 13.0 Å². The second-order valence-corrected chi connectivity index (χ2v) is 9.31. The van der Waals surface area contributed by atoms with Crippen LogP contribution in [-0.4, -0.2) is 21.7 Å². The van der Waals surface area contributed by atoms with Crippen molar-refractivity contribution in [1.82, 2.24) is 9.97 Å². The van der Waals surface area contributed by atoms with Crippen LogP contribution in [-0.2, 0) is 6.42 Å². The van der Waals surface area contributed by atoms with Gasteiger partial charge in [0.15, 0.2) is 0 Å². The molecule has 176 valence electrons. The number of aromatic nitrogens is 2. The van der Waals surface area contributed by atoms with Crippen molar-refractivity contribution in [2.24, 2.45) is 0 Å². The number of halogens is 2. The Morgan fingerprint density at radius 1 is 1.06 bits per heavy atom. The molecule has 0 bridgehead atoms. The molecule has 1 aromatic carbocycles. The van der Waals surface area contributed by atoms with Crippen LogP contribution in [0.3, 0.4) is 0 Å². The van der Waals surface area contributed by atoms with Crippen molar-refractivity contribution in [3.05, 3.63) is 55.5 Å². The molecule has 0 spiro atoms. The first-order valence-corrected chi connectivity index (χ1v) is 12.6. The van der Waals surface area contributed by atoms with Crippen molar-refractivity contribution < 1.29 is 5.32 Å². The highest BCUT2D eigenvalue weighted by Gasteiger charge is 2.23. The number of H-pyrrole nitrogens is 1. The Kier molecular flexibility index (Phi) is 11.4. The molecule has 1 aromatic heterocycles. The van der Waals surface area contributed by atoms with Gasteiger partial charge in [-0.05, 0) is 43.4 Å². The Hall–Kier alpha value is -1.69. The monoisotopic (exact) mass is 479 g/mol. The van der Waals surface area contributed by atoms with Gasteiger partial charge in [-0.1, -0.05) is 82.1 Å². The molecule has 0 radical (unpaired) electrons. The maximum Gasteiger partial charge on any atom is 0.266 e. The Bertz CT molecular complexity index is 942. The smallest absolute Gasteiger partial charge is 0.266 e. The minimum absolute atomic E-state index is 0.235. The molecule has 0 aliphatic carbocycles. The lowest BCUT2D eigenvalue weighted by Crippen LogP contribution is -2.85. The fourth-order valence-corrected chi connectivity index (χ4v) is 4.31. The molecule has 0 aliphatic rings. The van der Waals surface area contributed by atoms with E-state index in [0.717, 1.165) is 31.2 Å². The van der Waals surface area contributed by atoms with E-state index < -0.39 is 0 Å². The number of quaternary nitrogens is 1. The highest BCUT2D eigenvalue weighted by atomic mass is 35.5. The standard InChI is InChI=1S/C25H36Cl2N4O/c1-4-7-8-9-12-18(10-5-2)29-24-23(21(28)11-6-3)25(32)31-22(30-24)16-17-13-14-19(26)20(27)15-17/h13-15,18,28H,4-12,16H2,1-3H3,(H2,29,30,31,32)/p+1. The van der Waals surface area contributed by atoms with E-state index in [2.05, 4.69) is 24.1 Å². The van der Waals surface area contributed by atoms with Crippen molar-refractivity contribution in [3.63, 3.8) is 0 Å². The maximum absolute atomic E-state index is 13.0. The zero-order valence-corrected chi connectivity index (χ0v) is 21.1. The number of nitrogens with one attached hydrogen (secondary N) is 2. The first-order valence-electron chi connectivity index (χ1n) is 11.9. The molecule has 0 saturated heterocycles. The first kappa shape index (κ1) is 26.6. The second kappa shape index (κ2) is 13.8. The van der Waals surface area contributed by atoms with Crippen LogP contribution in [0.4, 0.5) is 5.82 Å². The van der Waals surface area contributed by atoms with Crippen molar-refractivity contribution in [3.8, 4) is 0 Å². The van der Waals surface area contributed by atoms with E-state index in [4.69, 9.17) is 33.6 Å². The van der Waals surface area contributed by atoms with Gasteiger partial charge in [-0.25, -0.2) is 0 Å². The molecule has 0 fully saturated rings. The molecule has 1 atom stereocenters. The third-order valence-electron chi connectivity index (χ3n) is 5.64. The van der Waals surface area contributed by atoms with Gasteiger partial charge in [0.25, 0.3) is 5.56 Å². The van der Waals surface area contributed by atoms with Crippen molar-refractivity contribution >= 4 is 34.7 Å². The van der Waals surface area contributed by atoms with Crippen LogP contribution in [0.25, 0.3) is 0 Å². The summed E-state index contributed by atoms with van der Waals surface area (Å²) in [5, 5.41) is 11.6. The quantitative estimate of drug-likeness (QED) is 0.223. The minimum atomic E-state index is -0.235. The van der Waals surface area contributed by atoms with Crippen LogP contribution in [0, 0.1) is 5.41 Å². The maximum atomic E-state index is 13.0. The summed E-state index contributed by atoms with van der Waals surface area (Å²) in [5.74, 6) is 1.23. The molecule has 0 amide bonds. The molecule has 4 N–H and O–H groups in total. The zero-order valence-electron chi connectivity index (χ0n) is 19.6. The Labute approximate surface area is 201 Å². The number of nitrogens with zero attached hydrogens (tertiary/aromatic N) is 1. The van der Waals surface area contributed by atoms with E-state index >= 15 is 0 Å². The van der Waals surface area contributed by atoms with Crippen LogP contribution in [0.1, 0.15) is 95.5 Å². The molecule has 5 nitrogen and oxygen atoms in total. The Morgan fingerprint density at radius 3 is 2.50 bits per heavy atom. The number of hydrogen-bond acceptors (Lipinski definition) is 3. The van der Waals surface area contributed by atoms with Crippen molar-refractivity contribution in [2.75, 3.05) is 0 Å². The number of nitrogens with two attached hydrogens (primary N) is 1. The van der Waals surface area contributed by atoms with Gasteiger partial charge in [0.2, 0.25) is 5.82 Å². The first-order chi connectivity index (χ1) is 15.4. The van der Waals surface area contributed by atoms with E-state index in [0.29, 0.717) is 51.8 Å². The van der Waals surface area contributed by atoms with Crippen molar-refractivity contribution in [2.45, 2.75) is 91.0 Å². The number of hydrogen-bond donors (Lipinski definition) is 3. The van der Waals surface area contributed by atoms with E-state index in [1.54, 1.807) is 12.1 Å². The predicted molar refractivity (Wildman–Crippen MR) is 135 cm³/mol. The third-order valence-corrected chi connectivity index (χ3v) is 6.37. The van der Waals surface area contributed by atoms with Crippen molar-refractivity contribution in [1.29, 1.82) is 5.41 Å². The van der Waals surface area contributed by atoms with Crippen LogP contribution in [0.5, 0.6) is 0 Å². The van der Waals surface area contributed by atoms with Gasteiger partial charge in [-0.2, -0.15) is 4.98 Å². The van der Waals surface area contributed by atoms with Gasteiger partial charge in [-0.3, -0.25) is 10.1 Å². The van der Waals surface area contributed by atoms with Crippen LogP contribution in [0.2, 0.25) is 10.0 Å².